The smallest absolute Gasteiger partial charge is 0.228 e. The maximum absolute atomic E-state index is 13.1. The Morgan fingerprint density at radius 2 is 1.96 bits per heavy atom. The Hall–Kier alpha value is -1.55. The fourth-order valence-electron chi connectivity index (χ4n) is 3.62. The van der Waals surface area contributed by atoms with Crippen LogP contribution in [0.5, 0.6) is 5.75 Å². The summed E-state index contributed by atoms with van der Waals surface area (Å²) in [6.45, 7) is 7.97. The minimum absolute atomic E-state index is 0.236. The minimum atomic E-state index is -0.435. The van der Waals surface area contributed by atoms with Crippen LogP contribution in [0.2, 0.25) is 0 Å². The van der Waals surface area contributed by atoms with Crippen LogP contribution in [0.4, 0.5) is 0 Å². The third-order valence-corrected chi connectivity index (χ3v) is 4.93. The Balaban J connectivity index is 2.12. The van der Waals surface area contributed by atoms with Crippen molar-refractivity contribution >= 4 is 5.91 Å². The number of benzene rings is 1. The van der Waals surface area contributed by atoms with Gasteiger partial charge in [-0.15, -0.1) is 0 Å². The minimum Gasteiger partial charge on any atom is -0.496 e. The summed E-state index contributed by atoms with van der Waals surface area (Å²) in [4.78, 5) is 17.3. The lowest BCUT2D eigenvalue weighted by Crippen LogP contribution is -2.42. The van der Waals surface area contributed by atoms with Gasteiger partial charge in [-0.25, -0.2) is 0 Å². The first kappa shape index (κ1) is 17.8. The second-order valence-electron chi connectivity index (χ2n) is 7.59. The van der Waals surface area contributed by atoms with E-state index in [0.717, 1.165) is 24.4 Å². The first-order chi connectivity index (χ1) is 10.8. The van der Waals surface area contributed by atoms with E-state index in [2.05, 4.69) is 25.9 Å². The van der Waals surface area contributed by atoms with Crippen LogP contribution in [0.25, 0.3) is 0 Å². The Labute approximate surface area is 140 Å². The zero-order valence-electron chi connectivity index (χ0n) is 15.3. The van der Waals surface area contributed by atoms with Crippen molar-refractivity contribution in [2.75, 3.05) is 34.3 Å². The van der Waals surface area contributed by atoms with Gasteiger partial charge in [-0.2, -0.15) is 0 Å². The van der Waals surface area contributed by atoms with Crippen molar-refractivity contribution < 1.29 is 9.53 Å². The number of hydrogen-bond donors (Lipinski definition) is 0. The molecule has 1 aromatic carbocycles. The number of ether oxygens (including phenoxy) is 1. The molecule has 0 aliphatic carbocycles. The van der Waals surface area contributed by atoms with E-state index in [0.29, 0.717) is 18.4 Å². The number of hydrogen-bond acceptors (Lipinski definition) is 3. The highest BCUT2D eigenvalue weighted by atomic mass is 16.5. The van der Waals surface area contributed by atoms with E-state index < -0.39 is 5.41 Å². The van der Waals surface area contributed by atoms with Crippen molar-refractivity contribution in [3.8, 4) is 5.75 Å². The van der Waals surface area contributed by atoms with Crippen molar-refractivity contribution in [3.05, 3.63) is 29.8 Å². The van der Waals surface area contributed by atoms with Gasteiger partial charge in [0.15, 0.2) is 0 Å². The third-order valence-electron chi connectivity index (χ3n) is 4.93. The Morgan fingerprint density at radius 3 is 2.52 bits per heavy atom. The molecular weight excluding hydrogens is 288 g/mol. The zero-order valence-corrected chi connectivity index (χ0v) is 15.3. The molecule has 2 atom stereocenters. The highest BCUT2D eigenvalue weighted by molar-refractivity contribution is 5.82. The van der Waals surface area contributed by atoms with E-state index in [1.165, 1.54) is 0 Å². The fourth-order valence-corrected chi connectivity index (χ4v) is 3.62. The number of amides is 1. The number of methoxy groups -OCH3 is 1. The molecule has 0 saturated carbocycles. The summed E-state index contributed by atoms with van der Waals surface area (Å²) in [5.41, 5.74) is 0.653. The van der Waals surface area contributed by atoms with Gasteiger partial charge < -0.3 is 14.5 Å². The van der Waals surface area contributed by atoms with Gasteiger partial charge in [-0.1, -0.05) is 39.0 Å². The highest BCUT2D eigenvalue weighted by Gasteiger charge is 2.39. The second-order valence-corrected chi connectivity index (χ2v) is 7.59. The number of likely N-dealkylation sites (N-methyl/N-ethyl adjacent to an activating group) is 1. The molecule has 4 heteroatoms. The normalized spacial score (nSPS) is 21.8. The van der Waals surface area contributed by atoms with E-state index in [4.69, 9.17) is 4.74 Å². The molecule has 0 aromatic heterocycles. The van der Waals surface area contributed by atoms with Crippen molar-refractivity contribution in [1.82, 2.24) is 9.80 Å². The lowest BCUT2D eigenvalue weighted by molar-refractivity contribution is -0.139. The second kappa shape index (κ2) is 6.91. The van der Waals surface area contributed by atoms with Crippen LogP contribution >= 0.6 is 0 Å². The fraction of sp³-hybridized carbons (Fsp3) is 0.632. The summed E-state index contributed by atoms with van der Waals surface area (Å²) in [5.74, 6) is 1.60. The van der Waals surface area contributed by atoms with E-state index in [1.807, 2.05) is 43.0 Å². The van der Waals surface area contributed by atoms with Crippen LogP contribution in [0.3, 0.4) is 0 Å². The van der Waals surface area contributed by atoms with E-state index in [9.17, 15) is 4.79 Å². The predicted octanol–water partition coefficient (Wildman–Crippen LogP) is 2.67. The monoisotopic (exact) mass is 318 g/mol. The molecule has 0 N–H and O–H groups in total. The van der Waals surface area contributed by atoms with Crippen LogP contribution in [0, 0.1) is 11.3 Å². The number of likely N-dealkylation sites (tertiary alicyclic amines) is 1. The van der Waals surface area contributed by atoms with Crippen molar-refractivity contribution in [2.45, 2.75) is 33.2 Å². The Bertz CT molecular complexity index is 554. The zero-order chi connectivity index (χ0) is 17.2. The molecule has 1 amide bonds. The first-order valence-corrected chi connectivity index (χ1v) is 8.34. The molecule has 0 spiro atoms. The number of para-hydroxylation sites is 1. The number of rotatable bonds is 5. The van der Waals surface area contributed by atoms with Crippen LogP contribution in [0.1, 0.15) is 26.3 Å². The van der Waals surface area contributed by atoms with Gasteiger partial charge >= 0.3 is 0 Å². The molecule has 0 bridgehead atoms. The number of carbonyl (C=O) groups is 1. The van der Waals surface area contributed by atoms with Gasteiger partial charge in [-0.3, -0.25) is 4.79 Å². The molecule has 1 fully saturated rings. The summed E-state index contributed by atoms with van der Waals surface area (Å²) in [7, 11) is 5.86. The van der Waals surface area contributed by atoms with Crippen LogP contribution in [-0.2, 0) is 11.2 Å². The first-order valence-electron chi connectivity index (χ1n) is 8.34. The van der Waals surface area contributed by atoms with E-state index in [1.54, 1.807) is 7.11 Å². The predicted molar refractivity (Wildman–Crippen MR) is 93.7 cm³/mol. The molecule has 1 saturated heterocycles. The number of carbonyl (C=O) groups excluding carboxylic acids is 1. The number of nitrogens with zero attached hydrogens (tertiary/aromatic N) is 2. The molecule has 1 aromatic rings. The van der Waals surface area contributed by atoms with Crippen molar-refractivity contribution in [1.29, 1.82) is 0 Å². The molecule has 1 heterocycles. The Kier molecular flexibility index (Phi) is 5.35. The summed E-state index contributed by atoms with van der Waals surface area (Å²) >= 11 is 0. The van der Waals surface area contributed by atoms with E-state index >= 15 is 0 Å². The van der Waals surface area contributed by atoms with Gasteiger partial charge in [0.2, 0.25) is 5.91 Å². The maximum Gasteiger partial charge on any atom is 0.228 e. The summed E-state index contributed by atoms with van der Waals surface area (Å²) in [5, 5.41) is 0. The quantitative estimate of drug-likeness (QED) is 0.837. The van der Waals surface area contributed by atoms with Gasteiger partial charge in [0.05, 0.1) is 7.11 Å². The van der Waals surface area contributed by atoms with Gasteiger partial charge in [0, 0.05) is 24.5 Å². The molecular formula is C19H30N2O2. The van der Waals surface area contributed by atoms with Gasteiger partial charge in [0.1, 0.15) is 5.75 Å². The van der Waals surface area contributed by atoms with Crippen LogP contribution in [-0.4, -0.2) is 56.0 Å². The SMILES string of the molecule is COc1ccccc1CC(C)(C)C(=O)N1C[C@@H](C)[C@H](N(C)C)C1. The lowest BCUT2D eigenvalue weighted by Gasteiger charge is -2.30. The molecule has 0 unspecified atom stereocenters. The van der Waals surface area contributed by atoms with Gasteiger partial charge in [-0.05, 0) is 38.1 Å². The maximum atomic E-state index is 13.1. The Morgan fingerprint density at radius 1 is 1.30 bits per heavy atom. The summed E-state index contributed by atoms with van der Waals surface area (Å²) in [6, 6.07) is 8.40. The summed E-state index contributed by atoms with van der Waals surface area (Å²) < 4.78 is 5.43. The molecule has 4 nitrogen and oxygen atoms in total. The molecule has 1 aliphatic heterocycles. The average molecular weight is 318 g/mol. The van der Waals surface area contributed by atoms with Crippen molar-refractivity contribution in [2.24, 2.45) is 11.3 Å². The molecule has 128 valence electrons. The highest BCUT2D eigenvalue weighted by Crippen LogP contribution is 2.32. The van der Waals surface area contributed by atoms with Crippen molar-refractivity contribution in [3.63, 3.8) is 0 Å². The topological polar surface area (TPSA) is 32.8 Å². The molecule has 1 aliphatic rings. The van der Waals surface area contributed by atoms with E-state index in [-0.39, 0.29) is 5.91 Å². The average Bonchev–Trinajstić information content (AvgIpc) is 2.88. The molecule has 0 radical (unpaired) electrons. The summed E-state index contributed by atoms with van der Waals surface area (Å²) in [6.07, 6.45) is 0.688. The third kappa shape index (κ3) is 3.86. The molecule has 2 rings (SSSR count). The molecule has 23 heavy (non-hydrogen) atoms. The standard InChI is InChI=1S/C19H30N2O2/c1-14-12-21(13-16(14)20(4)5)18(22)19(2,3)11-15-9-7-8-10-17(15)23-6/h7-10,14,16H,11-13H2,1-6H3/t14-,16-/m1/s1. The van der Waals surface area contributed by atoms with Gasteiger partial charge in [0.25, 0.3) is 0 Å². The van der Waals surface area contributed by atoms with Crippen LogP contribution < -0.4 is 4.74 Å². The largest absolute Gasteiger partial charge is 0.496 e. The lowest BCUT2D eigenvalue weighted by atomic mass is 9.84. The van der Waals surface area contributed by atoms with Crippen LogP contribution in [0.15, 0.2) is 24.3 Å².